The molecule has 0 aromatic heterocycles. The summed E-state index contributed by atoms with van der Waals surface area (Å²) in [5, 5.41) is 0. The minimum absolute atomic E-state index is 0.0209. The predicted octanol–water partition coefficient (Wildman–Crippen LogP) is 4.17. The highest BCUT2D eigenvalue weighted by atomic mass is 32.2. The first kappa shape index (κ1) is 17.5. The topological polar surface area (TPSA) is 55.4 Å². The molecule has 0 spiro atoms. The second-order valence-corrected chi connectivity index (χ2v) is 9.25. The Labute approximate surface area is 165 Å². The van der Waals surface area contributed by atoms with Gasteiger partial charge in [-0.1, -0.05) is 60.2 Å². The SMILES string of the molecule is Cc1ccc(S(=O)(=O)N[C@@H]2c3ccccc3[C@H]3c4ccccc4OC[C@H]32)cc1. The first-order chi connectivity index (χ1) is 13.5. The fourth-order valence-electron chi connectivity index (χ4n) is 4.48. The van der Waals surface area contributed by atoms with E-state index in [4.69, 9.17) is 4.74 Å². The average Bonchev–Trinajstić information content (AvgIpc) is 3.02. The molecule has 1 N–H and O–H groups in total. The minimum atomic E-state index is -3.64. The molecule has 3 aromatic carbocycles. The fourth-order valence-corrected chi connectivity index (χ4v) is 5.75. The second kappa shape index (κ2) is 6.47. The molecule has 142 valence electrons. The number of nitrogens with one attached hydrogen (secondary N) is 1. The number of para-hydroxylation sites is 1. The maximum absolute atomic E-state index is 13.1. The van der Waals surface area contributed by atoms with Gasteiger partial charge in [0, 0.05) is 17.4 Å². The molecule has 0 unspecified atom stereocenters. The number of fused-ring (bicyclic) bond motifs is 5. The summed E-state index contributed by atoms with van der Waals surface area (Å²) in [4.78, 5) is 0.288. The van der Waals surface area contributed by atoms with Gasteiger partial charge in [-0.2, -0.15) is 0 Å². The molecule has 2 aliphatic rings. The van der Waals surface area contributed by atoms with Crippen LogP contribution in [0.2, 0.25) is 0 Å². The molecular formula is C23H21NO3S. The van der Waals surface area contributed by atoms with Crippen LogP contribution in [0.3, 0.4) is 0 Å². The molecule has 0 fully saturated rings. The first-order valence-electron chi connectivity index (χ1n) is 9.44. The summed E-state index contributed by atoms with van der Waals surface area (Å²) in [7, 11) is -3.64. The van der Waals surface area contributed by atoms with E-state index >= 15 is 0 Å². The maximum Gasteiger partial charge on any atom is 0.241 e. The highest BCUT2D eigenvalue weighted by molar-refractivity contribution is 7.89. The van der Waals surface area contributed by atoms with Crippen molar-refractivity contribution >= 4 is 10.0 Å². The van der Waals surface area contributed by atoms with Crippen LogP contribution in [-0.4, -0.2) is 15.0 Å². The standard InChI is InChI=1S/C23H21NO3S/c1-15-10-12-16(13-11-15)28(25,26)24-23-18-7-3-2-6-17(18)22-19-8-4-5-9-21(19)27-14-20(22)23/h2-13,20,22-24H,14H2,1H3/t20-,22+,23-/m1/s1. The molecule has 4 nitrogen and oxygen atoms in total. The van der Waals surface area contributed by atoms with Crippen molar-refractivity contribution in [2.24, 2.45) is 5.92 Å². The summed E-state index contributed by atoms with van der Waals surface area (Å²) in [6.45, 7) is 2.43. The fraction of sp³-hybridized carbons (Fsp3) is 0.217. The lowest BCUT2D eigenvalue weighted by atomic mass is 9.83. The van der Waals surface area contributed by atoms with Gasteiger partial charge in [0.2, 0.25) is 10.0 Å². The van der Waals surface area contributed by atoms with E-state index in [0.717, 1.165) is 22.4 Å². The number of hydrogen-bond acceptors (Lipinski definition) is 3. The Morgan fingerprint density at radius 2 is 1.50 bits per heavy atom. The lowest BCUT2D eigenvalue weighted by Gasteiger charge is -2.32. The Bertz CT molecular complexity index is 1140. The van der Waals surface area contributed by atoms with E-state index in [0.29, 0.717) is 6.61 Å². The molecule has 3 atom stereocenters. The molecule has 1 aliphatic heterocycles. The van der Waals surface area contributed by atoms with Crippen LogP contribution in [0.5, 0.6) is 5.75 Å². The smallest absolute Gasteiger partial charge is 0.241 e. The van der Waals surface area contributed by atoms with Gasteiger partial charge in [-0.3, -0.25) is 0 Å². The van der Waals surface area contributed by atoms with Crippen molar-refractivity contribution in [2.75, 3.05) is 6.61 Å². The summed E-state index contributed by atoms with van der Waals surface area (Å²) in [6.07, 6.45) is 0. The van der Waals surface area contributed by atoms with E-state index in [1.54, 1.807) is 12.1 Å². The van der Waals surface area contributed by atoms with Crippen LogP contribution in [0, 0.1) is 12.8 Å². The number of aryl methyl sites for hydroxylation is 1. The quantitative estimate of drug-likeness (QED) is 0.729. The molecule has 0 bridgehead atoms. The molecular weight excluding hydrogens is 370 g/mol. The van der Waals surface area contributed by atoms with Gasteiger partial charge in [-0.05, 0) is 36.2 Å². The van der Waals surface area contributed by atoms with Gasteiger partial charge in [0.15, 0.2) is 0 Å². The first-order valence-corrected chi connectivity index (χ1v) is 10.9. The molecule has 0 saturated heterocycles. The van der Waals surface area contributed by atoms with Crippen molar-refractivity contribution in [1.82, 2.24) is 4.72 Å². The number of ether oxygens (including phenoxy) is 1. The molecule has 28 heavy (non-hydrogen) atoms. The Morgan fingerprint density at radius 1 is 0.857 bits per heavy atom. The van der Waals surface area contributed by atoms with E-state index in [2.05, 4.69) is 16.9 Å². The highest BCUT2D eigenvalue weighted by Gasteiger charge is 2.46. The maximum atomic E-state index is 13.1. The second-order valence-electron chi connectivity index (χ2n) is 7.53. The summed E-state index contributed by atoms with van der Waals surface area (Å²) in [5.41, 5.74) is 4.37. The van der Waals surface area contributed by atoms with Crippen LogP contribution in [0.1, 0.15) is 34.2 Å². The minimum Gasteiger partial charge on any atom is -0.493 e. The molecule has 1 heterocycles. The van der Waals surface area contributed by atoms with Gasteiger partial charge >= 0.3 is 0 Å². The van der Waals surface area contributed by atoms with Crippen molar-refractivity contribution in [1.29, 1.82) is 0 Å². The zero-order valence-electron chi connectivity index (χ0n) is 15.5. The van der Waals surface area contributed by atoms with Crippen LogP contribution in [0.25, 0.3) is 0 Å². The van der Waals surface area contributed by atoms with Crippen molar-refractivity contribution in [3.63, 3.8) is 0 Å². The molecule has 0 amide bonds. The van der Waals surface area contributed by atoms with Gasteiger partial charge in [-0.25, -0.2) is 13.1 Å². The zero-order valence-corrected chi connectivity index (χ0v) is 16.3. The Balaban J connectivity index is 1.57. The average molecular weight is 391 g/mol. The number of hydrogen-bond donors (Lipinski definition) is 1. The Kier molecular flexibility index (Phi) is 4.03. The van der Waals surface area contributed by atoms with E-state index in [1.165, 1.54) is 5.56 Å². The van der Waals surface area contributed by atoms with Gasteiger partial charge in [0.25, 0.3) is 0 Å². The van der Waals surface area contributed by atoms with Crippen LogP contribution in [-0.2, 0) is 10.0 Å². The van der Waals surface area contributed by atoms with Crippen molar-refractivity contribution in [3.8, 4) is 5.75 Å². The molecule has 0 radical (unpaired) electrons. The third-order valence-corrected chi connectivity index (χ3v) is 7.28. The van der Waals surface area contributed by atoms with E-state index < -0.39 is 10.0 Å². The summed E-state index contributed by atoms with van der Waals surface area (Å²) in [6, 6.07) is 22.8. The van der Waals surface area contributed by atoms with Crippen molar-refractivity contribution in [2.45, 2.75) is 23.8 Å². The Morgan fingerprint density at radius 3 is 2.25 bits per heavy atom. The number of benzene rings is 3. The third-order valence-electron chi connectivity index (χ3n) is 5.82. The van der Waals surface area contributed by atoms with Gasteiger partial charge in [0.1, 0.15) is 5.75 Å². The van der Waals surface area contributed by atoms with Crippen LogP contribution >= 0.6 is 0 Å². The van der Waals surface area contributed by atoms with Crippen LogP contribution in [0.4, 0.5) is 0 Å². The molecule has 1 aliphatic carbocycles. The lowest BCUT2D eigenvalue weighted by molar-refractivity contribution is 0.191. The zero-order chi connectivity index (χ0) is 19.3. The lowest BCUT2D eigenvalue weighted by Crippen LogP contribution is -2.36. The normalized spacial score (nSPS) is 22.7. The largest absolute Gasteiger partial charge is 0.493 e. The van der Waals surface area contributed by atoms with E-state index in [9.17, 15) is 8.42 Å². The van der Waals surface area contributed by atoms with Crippen LogP contribution < -0.4 is 9.46 Å². The predicted molar refractivity (Wildman–Crippen MR) is 108 cm³/mol. The molecule has 0 saturated carbocycles. The summed E-state index contributed by atoms with van der Waals surface area (Å²) < 4.78 is 35.1. The van der Waals surface area contributed by atoms with Gasteiger partial charge in [0.05, 0.1) is 17.5 Å². The monoisotopic (exact) mass is 391 g/mol. The van der Waals surface area contributed by atoms with E-state index in [1.807, 2.05) is 55.5 Å². The third kappa shape index (κ3) is 2.74. The van der Waals surface area contributed by atoms with Gasteiger partial charge < -0.3 is 4.74 Å². The number of rotatable bonds is 3. The van der Waals surface area contributed by atoms with E-state index in [-0.39, 0.29) is 22.8 Å². The van der Waals surface area contributed by atoms with Crippen LogP contribution in [0.15, 0.2) is 77.7 Å². The molecule has 5 heteroatoms. The highest BCUT2D eigenvalue weighted by Crippen LogP contribution is 2.53. The summed E-state index contributed by atoms with van der Waals surface area (Å²) >= 11 is 0. The van der Waals surface area contributed by atoms with Gasteiger partial charge in [-0.15, -0.1) is 0 Å². The molecule has 5 rings (SSSR count). The van der Waals surface area contributed by atoms with Crippen molar-refractivity contribution < 1.29 is 13.2 Å². The number of sulfonamides is 1. The molecule has 3 aromatic rings. The summed E-state index contributed by atoms with van der Waals surface area (Å²) in [5.74, 6) is 1.04. The van der Waals surface area contributed by atoms with Crippen molar-refractivity contribution in [3.05, 3.63) is 95.1 Å². The Hall–Kier alpha value is -2.63.